The Kier molecular flexibility index (Phi) is 6.45. The van der Waals surface area contributed by atoms with Crippen molar-refractivity contribution in [3.05, 3.63) is 77.1 Å². The quantitative estimate of drug-likeness (QED) is 0.600. The Morgan fingerprint density at radius 3 is 2.75 bits per heavy atom. The van der Waals surface area contributed by atoms with E-state index in [0.717, 1.165) is 5.56 Å². The van der Waals surface area contributed by atoms with E-state index < -0.39 is 0 Å². The number of carbonyl (C=O) groups excluding carboxylic acids is 1. The van der Waals surface area contributed by atoms with Gasteiger partial charge in [-0.3, -0.25) is 4.79 Å². The standard InChI is InChI=1S/C21H21ClN4O2/c1-15(2)28-20-10-8-17(12-19(20)22)23-21(27)11-9-18-14-26(25-24-18)13-16-6-4-3-5-7-16/h3-12,14-15H,13H2,1-2H3,(H,23,27)/b11-9+. The first-order valence-corrected chi connectivity index (χ1v) is 9.27. The van der Waals surface area contributed by atoms with Gasteiger partial charge in [0.15, 0.2) is 0 Å². The molecule has 7 heteroatoms. The normalized spacial score (nSPS) is 11.1. The van der Waals surface area contributed by atoms with Crippen molar-refractivity contribution < 1.29 is 9.53 Å². The summed E-state index contributed by atoms with van der Waals surface area (Å²) in [5, 5.41) is 11.3. The Labute approximate surface area is 168 Å². The average Bonchev–Trinajstić information content (AvgIpc) is 3.10. The van der Waals surface area contributed by atoms with Gasteiger partial charge in [-0.2, -0.15) is 0 Å². The predicted octanol–water partition coefficient (Wildman–Crippen LogP) is 4.42. The molecular formula is C21H21ClN4O2. The highest BCUT2D eigenvalue weighted by Crippen LogP contribution is 2.28. The van der Waals surface area contributed by atoms with Gasteiger partial charge >= 0.3 is 0 Å². The summed E-state index contributed by atoms with van der Waals surface area (Å²) in [5.41, 5.74) is 2.32. The lowest BCUT2D eigenvalue weighted by Crippen LogP contribution is -2.09. The van der Waals surface area contributed by atoms with Crippen molar-refractivity contribution in [2.45, 2.75) is 26.5 Å². The number of amides is 1. The lowest BCUT2D eigenvalue weighted by molar-refractivity contribution is -0.111. The first kappa shape index (κ1) is 19.6. The minimum Gasteiger partial charge on any atom is -0.489 e. The minimum absolute atomic E-state index is 0.0242. The van der Waals surface area contributed by atoms with Gasteiger partial charge in [-0.05, 0) is 43.7 Å². The number of hydrogen-bond donors (Lipinski definition) is 1. The van der Waals surface area contributed by atoms with Gasteiger partial charge in [-0.1, -0.05) is 47.1 Å². The Morgan fingerprint density at radius 1 is 1.25 bits per heavy atom. The average molecular weight is 397 g/mol. The zero-order valence-electron chi connectivity index (χ0n) is 15.7. The molecule has 1 heterocycles. The van der Waals surface area contributed by atoms with Crippen molar-refractivity contribution in [2.75, 3.05) is 5.32 Å². The summed E-state index contributed by atoms with van der Waals surface area (Å²) in [6.07, 6.45) is 4.83. The minimum atomic E-state index is -0.286. The second-order valence-corrected chi connectivity index (χ2v) is 6.87. The number of aromatic nitrogens is 3. The number of benzene rings is 2. The van der Waals surface area contributed by atoms with Gasteiger partial charge in [0.2, 0.25) is 5.91 Å². The van der Waals surface area contributed by atoms with Crippen LogP contribution in [0.2, 0.25) is 5.02 Å². The van der Waals surface area contributed by atoms with Crippen molar-refractivity contribution in [1.82, 2.24) is 15.0 Å². The molecule has 1 aromatic heterocycles. The monoisotopic (exact) mass is 396 g/mol. The molecule has 6 nitrogen and oxygen atoms in total. The highest BCUT2D eigenvalue weighted by Gasteiger charge is 2.07. The smallest absolute Gasteiger partial charge is 0.248 e. The molecule has 0 bridgehead atoms. The van der Waals surface area contributed by atoms with Crippen molar-refractivity contribution in [1.29, 1.82) is 0 Å². The zero-order valence-corrected chi connectivity index (χ0v) is 16.4. The van der Waals surface area contributed by atoms with Crippen LogP contribution in [-0.2, 0) is 11.3 Å². The topological polar surface area (TPSA) is 69.0 Å². The van der Waals surface area contributed by atoms with Crippen molar-refractivity contribution >= 4 is 29.3 Å². The molecule has 0 aliphatic heterocycles. The van der Waals surface area contributed by atoms with E-state index in [1.54, 1.807) is 35.2 Å². The number of nitrogens with one attached hydrogen (secondary N) is 1. The van der Waals surface area contributed by atoms with Crippen LogP contribution in [0.15, 0.2) is 60.8 Å². The molecule has 0 spiro atoms. The summed E-state index contributed by atoms with van der Waals surface area (Å²) in [7, 11) is 0. The first-order chi connectivity index (χ1) is 13.5. The van der Waals surface area contributed by atoms with E-state index >= 15 is 0 Å². The fourth-order valence-electron chi connectivity index (χ4n) is 2.51. The summed E-state index contributed by atoms with van der Waals surface area (Å²) in [6, 6.07) is 15.1. The maximum atomic E-state index is 12.1. The molecule has 0 unspecified atom stereocenters. The number of halogens is 1. The van der Waals surface area contributed by atoms with Gasteiger partial charge in [-0.15, -0.1) is 5.10 Å². The molecule has 0 fully saturated rings. The van der Waals surface area contributed by atoms with Crippen LogP contribution in [0.3, 0.4) is 0 Å². The molecule has 28 heavy (non-hydrogen) atoms. The predicted molar refractivity (Wildman–Crippen MR) is 110 cm³/mol. The van der Waals surface area contributed by atoms with Crippen molar-refractivity contribution in [3.8, 4) is 5.75 Å². The van der Waals surface area contributed by atoms with Gasteiger partial charge < -0.3 is 10.1 Å². The largest absolute Gasteiger partial charge is 0.489 e. The maximum Gasteiger partial charge on any atom is 0.248 e. The third-order valence-corrected chi connectivity index (χ3v) is 4.01. The Morgan fingerprint density at radius 2 is 2.04 bits per heavy atom. The molecule has 0 aliphatic carbocycles. The number of rotatable bonds is 7. The van der Waals surface area contributed by atoms with Crippen LogP contribution in [0.25, 0.3) is 6.08 Å². The second kappa shape index (κ2) is 9.19. The maximum absolute atomic E-state index is 12.1. The number of ether oxygens (including phenoxy) is 1. The van der Waals surface area contributed by atoms with E-state index in [1.165, 1.54) is 6.08 Å². The lowest BCUT2D eigenvalue weighted by Gasteiger charge is -2.12. The Hall–Kier alpha value is -3.12. The summed E-state index contributed by atoms with van der Waals surface area (Å²) >= 11 is 6.18. The molecule has 0 saturated carbocycles. The SMILES string of the molecule is CC(C)Oc1ccc(NC(=O)/C=C/c2cn(Cc3ccccc3)nn2)cc1Cl. The molecule has 0 atom stereocenters. The van der Waals surface area contributed by atoms with Crippen LogP contribution in [-0.4, -0.2) is 27.0 Å². The third kappa shape index (κ3) is 5.69. The van der Waals surface area contributed by atoms with Gasteiger partial charge in [0, 0.05) is 11.8 Å². The van der Waals surface area contributed by atoms with Gasteiger partial charge in [0.05, 0.1) is 23.9 Å². The van der Waals surface area contributed by atoms with E-state index in [1.807, 2.05) is 44.2 Å². The van der Waals surface area contributed by atoms with Crippen molar-refractivity contribution in [2.24, 2.45) is 0 Å². The molecule has 144 valence electrons. The van der Waals surface area contributed by atoms with Crippen LogP contribution in [0.1, 0.15) is 25.1 Å². The number of anilines is 1. The summed E-state index contributed by atoms with van der Waals surface area (Å²) in [6.45, 7) is 4.47. The molecule has 3 rings (SSSR count). The number of nitrogens with zero attached hydrogens (tertiary/aromatic N) is 3. The summed E-state index contributed by atoms with van der Waals surface area (Å²) in [4.78, 5) is 12.1. The van der Waals surface area contributed by atoms with Gasteiger partial charge in [0.1, 0.15) is 11.4 Å². The fourth-order valence-corrected chi connectivity index (χ4v) is 2.74. The second-order valence-electron chi connectivity index (χ2n) is 6.46. The molecule has 1 amide bonds. The van der Waals surface area contributed by atoms with E-state index in [0.29, 0.717) is 28.7 Å². The molecule has 0 aliphatic rings. The Balaban J connectivity index is 1.57. The highest BCUT2D eigenvalue weighted by molar-refractivity contribution is 6.32. The first-order valence-electron chi connectivity index (χ1n) is 8.89. The number of hydrogen-bond acceptors (Lipinski definition) is 4. The molecular weight excluding hydrogens is 376 g/mol. The third-order valence-electron chi connectivity index (χ3n) is 3.71. The van der Waals surface area contributed by atoms with Crippen LogP contribution < -0.4 is 10.1 Å². The summed E-state index contributed by atoms with van der Waals surface area (Å²) in [5.74, 6) is 0.298. The van der Waals surface area contributed by atoms with Crippen molar-refractivity contribution in [3.63, 3.8) is 0 Å². The lowest BCUT2D eigenvalue weighted by atomic mass is 10.2. The van der Waals surface area contributed by atoms with E-state index in [2.05, 4.69) is 15.6 Å². The van der Waals surface area contributed by atoms with Crippen LogP contribution in [0.5, 0.6) is 5.75 Å². The van der Waals surface area contributed by atoms with Gasteiger partial charge in [0.25, 0.3) is 0 Å². The fraction of sp³-hybridized carbons (Fsp3) is 0.190. The summed E-state index contributed by atoms with van der Waals surface area (Å²) < 4.78 is 7.30. The molecule has 0 saturated heterocycles. The van der Waals surface area contributed by atoms with E-state index in [9.17, 15) is 4.79 Å². The zero-order chi connectivity index (χ0) is 19.9. The number of carbonyl (C=O) groups is 1. The highest BCUT2D eigenvalue weighted by atomic mass is 35.5. The van der Waals surface area contributed by atoms with Crippen LogP contribution in [0, 0.1) is 0 Å². The van der Waals surface area contributed by atoms with E-state index in [4.69, 9.17) is 16.3 Å². The molecule has 3 aromatic rings. The molecule has 2 aromatic carbocycles. The molecule has 1 N–H and O–H groups in total. The van der Waals surface area contributed by atoms with Crippen LogP contribution in [0.4, 0.5) is 5.69 Å². The molecule has 0 radical (unpaired) electrons. The Bertz CT molecular complexity index is 968. The van der Waals surface area contributed by atoms with Gasteiger partial charge in [-0.25, -0.2) is 4.68 Å². The van der Waals surface area contributed by atoms with Crippen LogP contribution >= 0.6 is 11.6 Å². The van der Waals surface area contributed by atoms with E-state index in [-0.39, 0.29) is 12.0 Å².